The largest absolute Gasteiger partial charge is 0.337 e. The third kappa shape index (κ3) is 2.20. The van der Waals surface area contributed by atoms with Crippen molar-refractivity contribution in [1.82, 2.24) is 4.90 Å². The molecule has 1 aliphatic rings. The van der Waals surface area contributed by atoms with Gasteiger partial charge in [-0.2, -0.15) is 0 Å². The molecule has 1 aliphatic heterocycles. The van der Waals surface area contributed by atoms with E-state index in [0.717, 1.165) is 18.5 Å². The Balaban J connectivity index is 2.23. The van der Waals surface area contributed by atoms with Crippen LogP contribution in [0.4, 0.5) is 0 Å². The molecular weight excluding hydrogens is 224 g/mol. The van der Waals surface area contributed by atoms with E-state index in [1.165, 1.54) is 0 Å². The SMILES string of the molecule is Cc1ccc(Cl)c(C(=O)N2CC[C@@H](N)C2)c1. The summed E-state index contributed by atoms with van der Waals surface area (Å²) in [7, 11) is 0. The van der Waals surface area contributed by atoms with Crippen molar-refractivity contribution in [3.05, 3.63) is 34.3 Å². The van der Waals surface area contributed by atoms with E-state index in [4.69, 9.17) is 17.3 Å². The standard InChI is InChI=1S/C12H15ClN2O/c1-8-2-3-11(13)10(6-8)12(16)15-5-4-9(14)7-15/h2-3,6,9H,4-5,7,14H2,1H3/t9-/m1/s1. The van der Waals surface area contributed by atoms with Gasteiger partial charge in [0, 0.05) is 19.1 Å². The van der Waals surface area contributed by atoms with Crippen LogP contribution in [0.3, 0.4) is 0 Å². The van der Waals surface area contributed by atoms with Gasteiger partial charge in [-0.25, -0.2) is 0 Å². The van der Waals surface area contributed by atoms with Crippen LogP contribution in [-0.2, 0) is 0 Å². The van der Waals surface area contributed by atoms with Crippen molar-refractivity contribution >= 4 is 17.5 Å². The van der Waals surface area contributed by atoms with Crippen LogP contribution in [0.2, 0.25) is 5.02 Å². The average Bonchev–Trinajstić information content (AvgIpc) is 2.67. The van der Waals surface area contributed by atoms with Crippen LogP contribution in [0.5, 0.6) is 0 Å². The van der Waals surface area contributed by atoms with E-state index in [2.05, 4.69) is 0 Å². The highest BCUT2D eigenvalue weighted by Crippen LogP contribution is 2.21. The van der Waals surface area contributed by atoms with Gasteiger partial charge in [0.25, 0.3) is 5.91 Å². The maximum atomic E-state index is 12.2. The Bertz CT molecular complexity index is 419. The Labute approximate surface area is 100 Å². The number of benzene rings is 1. The lowest BCUT2D eigenvalue weighted by molar-refractivity contribution is 0.0791. The Hall–Kier alpha value is -1.06. The fourth-order valence-electron chi connectivity index (χ4n) is 1.95. The number of nitrogens with two attached hydrogens (primary N) is 1. The molecule has 3 nitrogen and oxygen atoms in total. The van der Waals surface area contributed by atoms with E-state index in [0.29, 0.717) is 17.1 Å². The van der Waals surface area contributed by atoms with Gasteiger partial charge in [0.05, 0.1) is 10.6 Å². The van der Waals surface area contributed by atoms with Crippen LogP contribution in [-0.4, -0.2) is 29.9 Å². The molecule has 1 heterocycles. The number of amides is 1. The van der Waals surface area contributed by atoms with Crippen LogP contribution in [0.1, 0.15) is 22.3 Å². The van der Waals surface area contributed by atoms with Crippen LogP contribution in [0.25, 0.3) is 0 Å². The first-order valence-electron chi connectivity index (χ1n) is 5.39. The molecule has 0 bridgehead atoms. The summed E-state index contributed by atoms with van der Waals surface area (Å²) < 4.78 is 0. The van der Waals surface area contributed by atoms with Crippen molar-refractivity contribution in [3.63, 3.8) is 0 Å². The number of rotatable bonds is 1. The van der Waals surface area contributed by atoms with Gasteiger partial charge in [0.2, 0.25) is 0 Å². The predicted molar refractivity (Wildman–Crippen MR) is 64.7 cm³/mol. The van der Waals surface area contributed by atoms with E-state index in [-0.39, 0.29) is 11.9 Å². The summed E-state index contributed by atoms with van der Waals surface area (Å²) in [4.78, 5) is 13.9. The second-order valence-electron chi connectivity index (χ2n) is 4.28. The van der Waals surface area contributed by atoms with Gasteiger partial charge >= 0.3 is 0 Å². The zero-order chi connectivity index (χ0) is 11.7. The Morgan fingerprint density at radius 3 is 2.94 bits per heavy atom. The number of carbonyl (C=O) groups excluding carboxylic acids is 1. The molecule has 86 valence electrons. The van der Waals surface area contributed by atoms with Gasteiger partial charge in [-0.1, -0.05) is 23.2 Å². The molecule has 1 saturated heterocycles. The lowest BCUT2D eigenvalue weighted by atomic mass is 10.1. The van der Waals surface area contributed by atoms with Crippen LogP contribution >= 0.6 is 11.6 Å². The number of carbonyl (C=O) groups is 1. The molecule has 0 unspecified atom stereocenters. The Kier molecular flexibility index (Phi) is 3.17. The summed E-state index contributed by atoms with van der Waals surface area (Å²) in [5, 5.41) is 0.510. The average molecular weight is 239 g/mol. The minimum Gasteiger partial charge on any atom is -0.337 e. The second kappa shape index (κ2) is 4.44. The predicted octanol–water partition coefficient (Wildman–Crippen LogP) is 1.82. The normalized spacial score (nSPS) is 20.2. The second-order valence-corrected chi connectivity index (χ2v) is 4.69. The summed E-state index contributed by atoms with van der Waals surface area (Å²) in [6, 6.07) is 5.59. The maximum absolute atomic E-state index is 12.2. The molecule has 2 N–H and O–H groups in total. The van der Waals surface area contributed by atoms with Crippen molar-refractivity contribution in [3.8, 4) is 0 Å². The molecule has 16 heavy (non-hydrogen) atoms. The smallest absolute Gasteiger partial charge is 0.255 e. The molecule has 1 fully saturated rings. The van der Waals surface area contributed by atoms with Gasteiger partial charge in [-0.15, -0.1) is 0 Å². The van der Waals surface area contributed by atoms with Crippen LogP contribution in [0.15, 0.2) is 18.2 Å². The topological polar surface area (TPSA) is 46.3 Å². The van der Waals surface area contributed by atoms with E-state index >= 15 is 0 Å². The number of nitrogens with zero attached hydrogens (tertiary/aromatic N) is 1. The zero-order valence-electron chi connectivity index (χ0n) is 9.24. The molecule has 0 aromatic heterocycles. The number of halogens is 1. The first kappa shape index (κ1) is 11.4. The minimum atomic E-state index is -0.0124. The molecule has 1 aromatic carbocycles. The fourth-order valence-corrected chi connectivity index (χ4v) is 2.14. The maximum Gasteiger partial charge on any atom is 0.255 e. The van der Waals surface area contributed by atoms with Gasteiger partial charge in [0.15, 0.2) is 0 Å². The highest BCUT2D eigenvalue weighted by molar-refractivity contribution is 6.33. The van der Waals surface area contributed by atoms with Crippen molar-refractivity contribution in [2.75, 3.05) is 13.1 Å². The molecule has 4 heteroatoms. The zero-order valence-corrected chi connectivity index (χ0v) is 10.00. The van der Waals surface area contributed by atoms with Gasteiger partial charge in [-0.05, 0) is 25.5 Å². The summed E-state index contributed by atoms with van der Waals surface area (Å²) in [6.45, 7) is 3.30. The first-order valence-corrected chi connectivity index (χ1v) is 5.76. The first-order chi connectivity index (χ1) is 7.58. The fraction of sp³-hybridized carbons (Fsp3) is 0.417. The Morgan fingerprint density at radius 1 is 1.56 bits per heavy atom. The van der Waals surface area contributed by atoms with Gasteiger partial charge < -0.3 is 10.6 Å². The van der Waals surface area contributed by atoms with Crippen molar-refractivity contribution in [2.24, 2.45) is 5.73 Å². The van der Waals surface area contributed by atoms with Crippen molar-refractivity contribution < 1.29 is 4.79 Å². The lowest BCUT2D eigenvalue weighted by Gasteiger charge is -2.16. The van der Waals surface area contributed by atoms with Gasteiger partial charge in [0.1, 0.15) is 0 Å². The molecule has 0 radical (unpaired) electrons. The third-order valence-corrected chi connectivity index (χ3v) is 3.19. The summed E-state index contributed by atoms with van der Waals surface area (Å²) in [5.41, 5.74) is 7.40. The molecule has 1 atom stereocenters. The molecule has 0 spiro atoms. The van der Waals surface area contributed by atoms with Crippen molar-refractivity contribution in [2.45, 2.75) is 19.4 Å². The molecule has 0 saturated carbocycles. The monoisotopic (exact) mass is 238 g/mol. The number of hydrogen-bond donors (Lipinski definition) is 1. The number of likely N-dealkylation sites (tertiary alicyclic amines) is 1. The molecular formula is C12H15ClN2O. The summed E-state index contributed by atoms with van der Waals surface area (Å²) in [6.07, 6.45) is 0.870. The molecule has 2 rings (SSSR count). The third-order valence-electron chi connectivity index (χ3n) is 2.86. The van der Waals surface area contributed by atoms with Gasteiger partial charge in [-0.3, -0.25) is 4.79 Å². The molecule has 0 aliphatic carbocycles. The lowest BCUT2D eigenvalue weighted by Crippen LogP contribution is -2.32. The summed E-state index contributed by atoms with van der Waals surface area (Å²) in [5.74, 6) is -0.0124. The van der Waals surface area contributed by atoms with E-state index in [1.807, 2.05) is 19.1 Å². The van der Waals surface area contributed by atoms with E-state index in [9.17, 15) is 4.79 Å². The van der Waals surface area contributed by atoms with Crippen LogP contribution < -0.4 is 5.73 Å². The highest BCUT2D eigenvalue weighted by atomic mass is 35.5. The summed E-state index contributed by atoms with van der Waals surface area (Å²) >= 11 is 6.03. The quantitative estimate of drug-likeness (QED) is 0.811. The molecule has 1 amide bonds. The number of aryl methyl sites for hydroxylation is 1. The van der Waals surface area contributed by atoms with E-state index < -0.39 is 0 Å². The molecule has 1 aromatic rings. The number of hydrogen-bond acceptors (Lipinski definition) is 2. The van der Waals surface area contributed by atoms with Crippen molar-refractivity contribution in [1.29, 1.82) is 0 Å². The Morgan fingerprint density at radius 2 is 2.31 bits per heavy atom. The minimum absolute atomic E-state index is 0.0124. The van der Waals surface area contributed by atoms with Crippen LogP contribution in [0, 0.1) is 6.92 Å². The highest BCUT2D eigenvalue weighted by Gasteiger charge is 2.25. The van der Waals surface area contributed by atoms with E-state index in [1.54, 1.807) is 11.0 Å².